The zero-order chi connectivity index (χ0) is 13.8. The van der Waals surface area contributed by atoms with Gasteiger partial charge >= 0.3 is 0 Å². The highest BCUT2D eigenvalue weighted by atomic mass is 16.2. The van der Waals surface area contributed by atoms with Crippen molar-refractivity contribution in [2.24, 2.45) is 0 Å². The third-order valence-corrected chi connectivity index (χ3v) is 3.72. The fraction of sp³-hybridized carbons (Fsp3) is 0.438. The molecule has 2 rings (SSSR count). The number of benzene rings is 1. The smallest absolute Gasteiger partial charge is 0.298 e. The Morgan fingerprint density at radius 1 is 1.16 bits per heavy atom. The lowest BCUT2D eigenvalue weighted by Crippen LogP contribution is -2.48. The monoisotopic (exact) mass is 256 g/mol. The molecule has 0 aliphatic carbocycles. The van der Waals surface area contributed by atoms with Crippen LogP contribution in [0.25, 0.3) is 0 Å². The molecule has 0 atom stereocenters. The zero-order valence-electron chi connectivity index (χ0n) is 11.9. The van der Waals surface area contributed by atoms with E-state index in [0.717, 1.165) is 26.2 Å². The van der Waals surface area contributed by atoms with Crippen molar-refractivity contribution in [2.75, 3.05) is 31.1 Å². The van der Waals surface area contributed by atoms with E-state index in [-0.39, 0.29) is 5.91 Å². The van der Waals surface area contributed by atoms with E-state index >= 15 is 0 Å². The molecule has 19 heavy (non-hydrogen) atoms. The van der Waals surface area contributed by atoms with Crippen molar-refractivity contribution in [3.05, 3.63) is 29.3 Å². The van der Waals surface area contributed by atoms with Gasteiger partial charge in [0.1, 0.15) is 0 Å². The number of carbonyl (C=O) groups is 1. The molecule has 1 aliphatic rings. The van der Waals surface area contributed by atoms with E-state index in [2.05, 4.69) is 48.8 Å². The Kier molecular flexibility index (Phi) is 4.11. The van der Waals surface area contributed by atoms with E-state index in [9.17, 15) is 4.79 Å². The maximum absolute atomic E-state index is 11.7. The van der Waals surface area contributed by atoms with Crippen LogP contribution in [0.2, 0.25) is 0 Å². The molecule has 3 heteroatoms. The van der Waals surface area contributed by atoms with Crippen LogP contribution in [-0.2, 0) is 4.79 Å². The molecule has 0 N–H and O–H groups in total. The van der Waals surface area contributed by atoms with Crippen LogP contribution < -0.4 is 4.90 Å². The van der Waals surface area contributed by atoms with Crippen molar-refractivity contribution >= 4 is 11.6 Å². The van der Waals surface area contributed by atoms with Gasteiger partial charge in [-0.15, -0.1) is 0 Å². The second-order valence-electron chi connectivity index (χ2n) is 4.87. The van der Waals surface area contributed by atoms with Gasteiger partial charge in [-0.1, -0.05) is 18.1 Å². The van der Waals surface area contributed by atoms with E-state index < -0.39 is 0 Å². The van der Waals surface area contributed by atoms with Crippen LogP contribution in [0.1, 0.15) is 18.1 Å². The molecule has 1 aliphatic heterocycles. The summed E-state index contributed by atoms with van der Waals surface area (Å²) in [6, 6.07) is 6.39. The first-order valence-electron chi connectivity index (χ1n) is 6.66. The summed E-state index contributed by atoms with van der Waals surface area (Å²) in [4.78, 5) is 15.9. The third-order valence-electron chi connectivity index (χ3n) is 3.72. The molecule has 0 spiro atoms. The number of carbonyl (C=O) groups excluding carboxylic acids is 1. The SMILES string of the molecule is CC#CC(=O)N1CCN(c2cccc(C)c2C)CC1. The highest BCUT2D eigenvalue weighted by Crippen LogP contribution is 2.23. The molecule has 1 saturated heterocycles. The lowest BCUT2D eigenvalue weighted by Gasteiger charge is -2.36. The van der Waals surface area contributed by atoms with Gasteiger partial charge in [0.25, 0.3) is 5.91 Å². The van der Waals surface area contributed by atoms with E-state index in [1.165, 1.54) is 16.8 Å². The minimum atomic E-state index is -0.0527. The maximum Gasteiger partial charge on any atom is 0.298 e. The molecule has 1 aromatic carbocycles. The van der Waals surface area contributed by atoms with Crippen LogP contribution in [0.3, 0.4) is 0 Å². The molecule has 0 saturated carbocycles. The first-order valence-corrected chi connectivity index (χ1v) is 6.66. The van der Waals surface area contributed by atoms with Gasteiger partial charge in [-0.05, 0) is 43.9 Å². The minimum absolute atomic E-state index is 0.0527. The molecule has 0 unspecified atom stereocenters. The Labute approximate surface area is 115 Å². The first kappa shape index (κ1) is 13.5. The van der Waals surface area contributed by atoms with Crippen LogP contribution in [0.15, 0.2) is 18.2 Å². The molecule has 1 aromatic rings. The lowest BCUT2D eigenvalue weighted by atomic mass is 10.1. The van der Waals surface area contributed by atoms with Crippen LogP contribution >= 0.6 is 0 Å². The number of hydrogen-bond donors (Lipinski definition) is 0. The van der Waals surface area contributed by atoms with Gasteiger partial charge in [-0.2, -0.15) is 0 Å². The summed E-state index contributed by atoms with van der Waals surface area (Å²) in [6.45, 7) is 9.25. The molecule has 0 bridgehead atoms. The summed E-state index contributed by atoms with van der Waals surface area (Å²) >= 11 is 0. The van der Waals surface area contributed by atoms with E-state index in [4.69, 9.17) is 0 Å². The number of rotatable bonds is 1. The fourth-order valence-corrected chi connectivity index (χ4v) is 2.41. The summed E-state index contributed by atoms with van der Waals surface area (Å²) < 4.78 is 0. The molecular formula is C16H20N2O. The predicted molar refractivity (Wildman–Crippen MR) is 78.2 cm³/mol. The summed E-state index contributed by atoms with van der Waals surface area (Å²) in [7, 11) is 0. The van der Waals surface area contributed by atoms with Crippen molar-refractivity contribution in [2.45, 2.75) is 20.8 Å². The Bertz CT molecular complexity index is 531. The number of amides is 1. The van der Waals surface area contributed by atoms with Gasteiger partial charge in [0.05, 0.1) is 0 Å². The van der Waals surface area contributed by atoms with Crippen molar-refractivity contribution < 1.29 is 4.79 Å². The summed E-state index contributed by atoms with van der Waals surface area (Å²) in [5.41, 5.74) is 3.93. The number of hydrogen-bond acceptors (Lipinski definition) is 2. The summed E-state index contributed by atoms with van der Waals surface area (Å²) in [5, 5.41) is 0. The van der Waals surface area contributed by atoms with E-state index in [1.807, 2.05) is 4.90 Å². The van der Waals surface area contributed by atoms with Crippen LogP contribution in [0, 0.1) is 25.7 Å². The largest absolute Gasteiger partial charge is 0.368 e. The maximum atomic E-state index is 11.7. The Balaban J connectivity index is 2.05. The molecule has 1 heterocycles. The number of anilines is 1. The van der Waals surface area contributed by atoms with E-state index in [0.29, 0.717) is 0 Å². The van der Waals surface area contributed by atoms with Crippen molar-refractivity contribution in [3.8, 4) is 11.8 Å². The fourth-order valence-electron chi connectivity index (χ4n) is 2.41. The number of aryl methyl sites for hydroxylation is 1. The predicted octanol–water partition coefficient (Wildman–Crippen LogP) is 1.98. The molecule has 100 valence electrons. The van der Waals surface area contributed by atoms with Crippen LogP contribution in [-0.4, -0.2) is 37.0 Å². The van der Waals surface area contributed by atoms with Gasteiger partial charge < -0.3 is 9.80 Å². The van der Waals surface area contributed by atoms with Crippen LogP contribution in [0.5, 0.6) is 0 Å². The Morgan fingerprint density at radius 2 is 1.84 bits per heavy atom. The van der Waals surface area contributed by atoms with Gasteiger partial charge in [-0.25, -0.2) is 0 Å². The standard InChI is InChI=1S/C16H20N2O/c1-4-6-16(19)18-11-9-17(10-12-18)15-8-5-7-13(2)14(15)3/h5,7-8H,9-12H2,1-3H3. The minimum Gasteiger partial charge on any atom is -0.368 e. The number of piperazine rings is 1. The molecule has 3 nitrogen and oxygen atoms in total. The highest BCUT2D eigenvalue weighted by molar-refractivity contribution is 5.93. The van der Waals surface area contributed by atoms with Gasteiger partial charge in [0.2, 0.25) is 0 Å². The second kappa shape index (κ2) is 5.79. The average molecular weight is 256 g/mol. The van der Waals surface area contributed by atoms with Crippen molar-refractivity contribution in [1.29, 1.82) is 0 Å². The quantitative estimate of drug-likeness (QED) is 0.717. The summed E-state index contributed by atoms with van der Waals surface area (Å²) in [6.07, 6.45) is 0. The highest BCUT2D eigenvalue weighted by Gasteiger charge is 2.21. The first-order chi connectivity index (χ1) is 9.13. The second-order valence-corrected chi connectivity index (χ2v) is 4.87. The molecule has 0 radical (unpaired) electrons. The van der Waals surface area contributed by atoms with Crippen LogP contribution in [0.4, 0.5) is 5.69 Å². The molecule has 0 aromatic heterocycles. The Morgan fingerprint density at radius 3 is 2.47 bits per heavy atom. The molecule has 1 fully saturated rings. The molecular weight excluding hydrogens is 236 g/mol. The van der Waals surface area contributed by atoms with Gasteiger partial charge in [0.15, 0.2) is 0 Å². The average Bonchev–Trinajstić information content (AvgIpc) is 2.42. The normalized spacial score (nSPS) is 14.9. The lowest BCUT2D eigenvalue weighted by molar-refractivity contribution is -0.125. The van der Waals surface area contributed by atoms with Gasteiger partial charge in [-0.3, -0.25) is 4.79 Å². The van der Waals surface area contributed by atoms with Crippen molar-refractivity contribution in [1.82, 2.24) is 4.90 Å². The van der Waals surface area contributed by atoms with E-state index in [1.54, 1.807) is 6.92 Å². The summed E-state index contributed by atoms with van der Waals surface area (Å²) in [5.74, 6) is 5.23. The number of nitrogens with zero attached hydrogens (tertiary/aromatic N) is 2. The topological polar surface area (TPSA) is 23.6 Å². The zero-order valence-corrected chi connectivity index (χ0v) is 11.9. The van der Waals surface area contributed by atoms with Crippen molar-refractivity contribution in [3.63, 3.8) is 0 Å². The Hall–Kier alpha value is -1.95. The third kappa shape index (κ3) is 2.90. The molecule has 1 amide bonds. The van der Waals surface area contributed by atoms with Gasteiger partial charge in [0, 0.05) is 31.9 Å².